The average Bonchev–Trinajstić information content (AvgIpc) is 2.12. The first-order valence-electron chi connectivity index (χ1n) is 5.68. The first-order chi connectivity index (χ1) is 8.29. The molecule has 104 valence electrons. The van der Waals surface area contributed by atoms with Gasteiger partial charge in [-0.05, 0) is 26.2 Å². The number of esters is 1. The first kappa shape index (κ1) is 14.9. The molecular formula is C10H17NO6S. The smallest absolute Gasteiger partial charge is 0.322 e. The molecular weight excluding hydrogens is 262 g/mol. The second-order valence-corrected chi connectivity index (χ2v) is 6.09. The van der Waals surface area contributed by atoms with Crippen molar-refractivity contribution >= 4 is 22.0 Å². The van der Waals surface area contributed by atoms with Gasteiger partial charge >= 0.3 is 11.9 Å². The third-order valence-corrected chi connectivity index (χ3v) is 4.15. The second kappa shape index (κ2) is 5.66. The molecule has 0 amide bonds. The normalized spacial score (nSPS) is 17.8. The van der Waals surface area contributed by atoms with E-state index in [9.17, 15) is 18.0 Å². The van der Waals surface area contributed by atoms with Gasteiger partial charge in [-0.15, -0.1) is 0 Å². The van der Waals surface area contributed by atoms with E-state index in [1.165, 1.54) is 0 Å². The Morgan fingerprint density at radius 2 is 2.00 bits per heavy atom. The van der Waals surface area contributed by atoms with E-state index in [-0.39, 0.29) is 13.0 Å². The summed E-state index contributed by atoms with van der Waals surface area (Å²) in [5.41, 5.74) is -0.933. The molecule has 0 atom stereocenters. The van der Waals surface area contributed by atoms with Gasteiger partial charge in [0.25, 0.3) is 0 Å². The van der Waals surface area contributed by atoms with E-state index in [1.54, 1.807) is 6.92 Å². The lowest BCUT2D eigenvalue weighted by Crippen LogP contribution is -2.55. The molecule has 0 aromatic heterocycles. The number of nitrogens with one attached hydrogen (secondary N) is 1. The standard InChI is InChI=1S/C10H17NO6S/c1-2-17-9(14)7-18(15,16)11-10(4-3-5-10)6-8(12)13/h11H,2-7H2,1H3,(H,12,13). The monoisotopic (exact) mass is 279 g/mol. The van der Waals surface area contributed by atoms with E-state index >= 15 is 0 Å². The number of carboxylic acids is 1. The molecule has 0 aliphatic heterocycles. The fourth-order valence-electron chi connectivity index (χ4n) is 1.93. The van der Waals surface area contributed by atoms with Crippen molar-refractivity contribution in [2.75, 3.05) is 12.4 Å². The largest absolute Gasteiger partial charge is 0.481 e. The minimum absolute atomic E-state index is 0.106. The minimum atomic E-state index is -3.86. The average molecular weight is 279 g/mol. The molecule has 0 radical (unpaired) electrons. The summed E-state index contributed by atoms with van der Waals surface area (Å²) < 4.78 is 30.3. The molecule has 0 bridgehead atoms. The van der Waals surface area contributed by atoms with Crippen molar-refractivity contribution in [3.63, 3.8) is 0 Å². The Labute approximate surface area is 106 Å². The van der Waals surface area contributed by atoms with Crippen molar-refractivity contribution in [2.24, 2.45) is 0 Å². The van der Waals surface area contributed by atoms with Crippen molar-refractivity contribution in [2.45, 2.75) is 38.1 Å². The number of hydrogen-bond donors (Lipinski definition) is 2. The van der Waals surface area contributed by atoms with Gasteiger partial charge in [0.15, 0.2) is 5.75 Å². The van der Waals surface area contributed by atoms with E-state index in [1.807, 2.05) is 0 Å². The van der Waals surface area contributed by atoms with Crippen molar-refractivity contribution in [3.05, 3.63) is 0 Å². The van der Waals surface area contributed by atoms with Gasteiger partial charge in [-0.2, -0.15) is 0 Å². The Kier molecular flexibility index (Phi) is 4.69. The maximum Gasteiger partial charge on any atom is 0.322 e. The number of sulfonamides is 1. The zero-order valence-corrected chi connectivity index (χ0v) is 11.0. The third kappa shape index (κ3) is 4.26. The van der Waals surface area contributed by atoms with Crippen LogP contribution in [0.1, 0.15) is 32.6 Å². The lowest BCUT2D eigenvalue weighted by atomic mass is 9.75. The van der Waals surface area contributed by atoms with Crippen LogP contribution in [0.25, 0.3) is 0 Å². The zero-order valence-electron chi connectivity index (χ0n) is 10.1. The molecule has 7 nitrogen and oxygen atoms in total. The fraction of sp³-hybridized carbons (Fsp3) is 0.800. The van der Waals surface area contributed by atoms with Crippen LogP contribution in [0, 0.1) is 0 Å². The second-order valence-electron chi connectivity index (χ2n) is 4.37. The van der Waals surface area contributed by atoms with Gasteiger partial charge < -0.3 is 9.84 Å². The summed E-state index contributed by atoms with van der Waals surface area (Å²) in [7, 11) is -3.86. The molecule has 0 aromatic rings. The van der Waals surface area contributed by atoms with Crippen LogP contribution in [-0.4, -0.2) is 43.4 Å². The number of carbonyl (C=O) groups excluding carboxylic acids is 1. The van der Waals surface area contributed by atoms with Crippen LogP contribution >= 0.6 is 0 Å². The molecule has 0 heterocycles. The third-order valence-electron chi connectivity index (χ3n) is 2.79. The summed E-state index contributed by atoms with van der Waals surface area (Å²) in [6, 6.07) is 0. The summed E-state index contributed by atoms with van der Waals surface area (Å²) in [6.07, 6.45) is 1.45. The molecule has 2 N–H and O–H groups in total. The topological polar surface area (TPSA) is 110 Å². The van der Waals surface area contributed by atoms with Crippen molar-refractivity contribution < 1.29 is 27.9 Å². The molecule has 0 spiro atoms. The lowest BCUT2D eigenvalue weighted by Gasteiger charge is -2.40. The SMILES string of the molecule is CCOC(=O)CS(=O)(=O)NC1(CC(=O)O)CCC1. The molecule has 8 heteroatoms. The van der Waals surface area contributed by atoms with Gasteiger partial charge in [0.2, 0.25) is 10.0 Å². The summed E-state index contributed by atoms with van der Waals surface area (Å²) in [4.78, 5) is 21.8. The van der Waals surface area contributed by atoms with E-state index in [4.69, 9.17) is 5.11 Å². The summed E-state index contributed by atoms with van der Waals surface area (Å²) in [5.74, 6) is -2.68. The number of rotatable bonds is 7. The molecule has 18 heavy (non-hydrogen) atoms. The molecule has 1 aliphatic rings. The van der Waals surface area contributed by atoms with Crippen molar-refractivity contribution in [3.8, 4) is 0 Å². The Morgan fingerprint density at radius 1 is 1.39 bits per heavy atom. The fourth-order valence-corrected chi connectivity index (χ4v) is 3.33. The van der Waals surface area contributed by atoms with Crippen LogP contribution in [0.3, 0.4) is 0 Å². The first-order valence-corrected chi connectivity index (χ1v) is 7.33. The lowest BCUT2D eigenvalue weighted by molar-refractivity contribution is -0.140. The highest BCUT2D eigenvalue weighted by molar-refractivity contribution is 7.90. The predicted octanol–water partition coefficient (Wildman–Crippen LogP) is -0.134. The van der Waals surface area contributed by atoms with Crippen LogP contribution in [0.15, 0.2) is 0 Å². The summed E-state index contributed by atoms with van der Waals surface area (Å²) in [5, 5.41) is 8.75. The highest BCUT2D eigenvalue weighted by Crippen LogP contribution is 2.35. The Balaban J connectivity index is 2.63. The number of carboxylic acid groups (broad SMARTS) is 1. The molecule has 0 aromatic carbocycles. The van der Waals surface area contributed by atoms with Gasteiger partial charge in [-0.1, -0.05) is 0 Å². The quantitative estimate of drug-likeness (QED) is 0.628. The summed E-state index contributed by atoms with van der Waals surface area (Å²) >= 11 is 0. The number of hydrogen-bond acceptors (Lipinski definition) is 5. The van der Waals surface area contributed by atoms with Gasteiger partial charge in [0.05, 0.1) is 13.0 Å². The molecule has 1 saturated carbocycles. The maximum atomic E-state index is 11.7. The van der Waals surface area contributed by atoms with Crippen LogP contribution in [0.4, 0.5) is 0 Å². The Bertz CT molecular complexity index is 426. The van der Waals surface area contributed by atoms with Crippen LogP contribution in [0.5, 0.6) is 0 Å². The Morgan fingerprint density at radius 3 is 2.39 bits per heavy atom. The number of carbonyl (C=O) groups is 2. The number of aliphatic carboxylic acids is 1. The van der Waals surface area contributed by atoms with E-state index in [0.717, 1.165) is 6.42 Å². The van der Waals surface area contributed by atoms with Crippen LogP contribution in [-0.2, 0) is 24.3 Å². The van der Waals surface area contributed by atoms with Crippen LogP contribution in [0.2, 0.25) is 0 Å². The highest BCUT2D eigenvalue weighted by Gasteiger charge is 2.42. The molecule has 1 rings (SSSR count). The molecule has 1 aliphatic carbocycles. The predicted molar refractivity (Wildman–Crippen MR) is 62.4 cm³/mol. The molecule has 0 saturated heterocycles. The van der Waals surface area contributed by atoms with Gasteiger partial charge in [0, 0.05) is 5.54 Å². The van der Waals surface area contributed by atoms with Crippen LogP contribution < -0.4 is 4.72 Å². The van der Waals surface area contributed by atoms with E-state index in [2.05, 4.69) is 9.46 Å². The van der Waals surface area contributed by atoms with Crippen molar-refractivity contribution in [1.29, 1.82) is 0 Å². The van der Waals surface area contributed by atoms with Gasteiger partial charge in [-0.25, -0.2) is 13.1 Å². The van der Waals surface area contributed by atoms with Gasteiger partial charge in [0.1, 0.15) is 0 Å². The van der Waals surface area contributed by atoms with E-state index < -0.39 is 33.3 Å². The highest BCUT2D eigenvalue weighted by atomic mass is 32.2. The number of ether oxygens (including phenoxy) is 1. The molecule has 0 unspecified atom stereocenters. The Hall–Kier alpha value is -1.15. The minimum Gasteiger partial charge on any atom is -0.481 e. The van der Waals surface area contributed by atoms with Gasteiger partial charge in [-0.3, -0.25) is 9.59 Å². The summed E-state index contributed by atoms with van der Waals surface area (Å²) in [6.45, 7) is 1.68. The molecule has 1 fully saturated rings. The van der Waals surface area contributed by atoms with Crippen molar-refractivity contribution in [1.82, 2.24) is 4.72 Å². The zero-order chi connectivity index (χ0) is 13.8. The maximum absolute atomic E-state index is 11.7. The van der Waals surface area contributed by atoms with E-state index in [0.29, 0.717) is 12.8 Å².